The lowest BCUT2D eigenvalue weighted by Crippen LogP contribution is -2.49. The summed E-state index contributed by atoms with van der Waals surface area (Å²) < 4.78 is 53.6. The van der Waals surface area contributed by atoms with Crippen molar-refractivity contribution in [2.45, 2.75) is 44.1 Å². The zero-order valence-corrected chi connectivity index (χ0v) is 17.5. The topological polar surface area (TPSA) is 74.3 Å². The number of anilines is 2. The summed E-state index contributed by atoms with van der Waals surface area (Å²) in [5, 5.41) is 3.37. The molecule has 3 rings (SSSR count). The van der Waals surface area contributed by atoms with Gasteiger partial charge in [-0.25, -0.2) is 22.2 Å². The van der Waals surface area contributed by atoms with Gasteiger partial charge in [0, 0.05) is 31.6 Å². The Labute approximate surface area is 170 Å². The van der Waals surface area contributed by atoms with Gasteiger partial charge in [0.1, 0.15) is 5.82 Å². The summed E-state index contributed by atoms with van der Waals surface area (Å²) in [6.45, 7) is 7.81. The summed E-state index contributed by atoms with van der Waals surface area (Å²) >= 11 is 0. The van der Waals surface area contributed by atoms with E-state index in [-0.39, 0.29) is 4.90 Å². The second-order valence-electron chi connectivity index (χ2n) is 7.40. The minimum Gasteiger partial charge on any atom is -0.354 e. The van der Waals surface area contributed by atoms with Gasteiger partial charge in [0.15, 0.2) is 0 Å². The lowest BCUT2D eigenvalue weighted by Gasteiger charge is -2.33. The number of rotatable bonds is 6. The fraction of sp³-hybridized carbons (Fsp3) is 0.450. The molecule has 6 nitrogen and oxygen atoms in total. The number of piperazine rings is 1. The van der Waals surface area contributed by atoms with E-state index in [1.54, 1.807) is 19.1 Å². The summed E-state index contributed by atoms with van der Waals surface area (Å²) in [6, 6.07) is 9.40. The van der Waals surface area contributed by atoms with Crippen LogP contribution >= 0.6 is 0 Å². The Bertz CT molecular complexity index is 951. The normalized spacial score (nSPS) is 18.7. The average Bonchev–Trinajstić information content (AvgIpc) is 2.69. The molecule has 2 atom stereocenters. The Morgan fingerprint density at radius 1 is 1.21 bits per heavy atom. The summed E-state index contributed by atoms with van der Waals surface area (Å²) in [4.78, 5) is 6.73. The third kappa shape index (κ3) is 5.02. The molecule has 0 saturated carbocycles. The van der Waals surface area contributed by atoms with Crippen molar-refractivity contribution in [2.75, 3.05) is 29.3 Å². The van der Waals surface area contributed by atoms with Crippen LogP contribution in [0.15, 0.2) is 41.3 Å². The van der Waals surface area contributed by atoms with Gasteiger partial charge in [-0.3, -0.25) is 4.72 Å². The minimum absolute atomic E-state index is 0.0159. The van der Waals surface area contributed by atoms with E-state index in [4.69, 9.17) is 0 Å². The molecule has 9 heteroatoms. The van der Waals surface area contributed by atoms with Crippen LogP contribution < -0.4 is 14.9 Å². The van der Waals surface area contributed by atoms with E-state index >= 15 is 0 Å². The van der Waals surface area contributed by atoms with Crippen LogP contribution in [0, 0.1) is 6.92 Å². The van der Waals surface area contributed by atoms with Crippen molar-refractivity contribution >= 4 is 21.5 Å². The molecule has 1 aliphatic rings. The van der Waals surface area contributed by atoms with E-state index in [0.29, 0.717) is 23.0 Å². The van der Waals surface area contributed by atoms with Gasteiger partial charge in [-0.2, -0.15) is 0 Å². The average molecular weight is 425 g/mol. The number of hydrogen-bond donors (Lipinski definition) is 2. The Kier molecular flexibility index (Phi) is 6.38. The van der Waals surface area contributed by atoms with Crippen molar-refractivity contribution < 1.29 is 17.2 Å². The predicted octanol–water partition coefficient (Wildman–Crippen LogP) is 3.36. The fourth-order valence-corrected chi connectivity index (χ4v) is 4.39. The van der Waals surface area contributed by atoms with Crippen LogP contribution in [0.4, 0.5) is 20.3 Å². The quantitative estimate of drug-likeness (QED) is 0.744. The second kappa shape index (κ2) is 8.62. The number of aryl methyl sites for hydroxylation is 1. The second-order valence-corrected chi connectivity index (χ2v) is 9.08. The molecule has 0 amide bonds. The maximum Gasteiger partial charge on any atom is 0.261 e. The number of halogens is 2. The molecule has 0 spiro atoms. The Balaban J connectivity index is 1.76. The Morgan fingerprint density at radius 3 is 2.48 bits per heavy atom. The molecule has 2 aromatic rings. The van der Waals surface area contributed by atoms with Crippen LogP contribution in [0.2, 0.25) is 0 Å². The van der Waals surface area contributed by atoms with Gasteiger partial charge in [-0.15, -0.1) is 0 Å². The van der Waals surface area contributed by atoms with Gasteiger partial charge >= 0.3 is 0 Å². The first kappa shape index (κ1) is 21.4. The van der Waals surface area contributed by atoms with Crippen LogP contribution in [0.1, 0.15) is 31.0 Å². The Hall–Kier alpha value is -2.26. The molecule has 0 radical (unpaired) electrons. The van der Waals surface area contributed by atoms with Gasteiger partial charge in [0.2, 0.25) is 6.43 Å². The van der Waals surface area contributed by atoms with Crippen LogP contribution in [-0.2, 0) is 10.0 Å². The van der Waals surface area contributed by atoms with E-state index in [0.717, 1.165) is 25.5 Å². The summed E-state index contributed by atoms with van der Waals surface area (Å²) in [7, 11) is -3.85. The van der Waals surface area contributed by atoms with Crippen molar-refractivity contribution in [3.05, 3.63) is 47.7 Å². The number of alkyl halides is 2. The maximum atomic E-state index is 12.8. The fourth-order valence-electron chi connectivity index (χ4n) is 3.27. The third-order valence-electron chi connectivity index (χ3n) is 5.10. The molecule has 0 unspecified atom stereocenters. The van der Waals surface area contributed by atoms with Crippen LogP contribution in [0.5, 0.6) is 0 Å². The molecule has 2 heterocycles. The number of hydrogen-bond acceptors (Lipinski definition) is 5. The molecule has 0 bridgehead atoms. The van der Waals surface area contributed by atoms with Gasteiger partial charge in [0.05, 0.1) is 16.3 Å². The molecule has 0 aliphatic carbocycles. The van der Waals surface area contributed by atoms with Crippen molar-refractivity contribution in [1.29, 1.82) is 0 Å². The van der Waals surface area contributed by atoms with Gasteiger partial charge in [-0.05, 0) is 43.7 Å². The van der Waals surface area contributed by atoms with Gasteiger partial charge in [0.25, 0.3) is 10.0 Å². The molecular formula is C20H26F2N4O2S. The van der Waals surface area contributed by atoms with Gasteiger partial charge < -0.3 is 10.2 Å². The molecule has 1 aromatic heterocycles. The van der Waals surface area contributed by atoms with Crippen molar-refractivity contribution in [2.24, 2.45) is 0 Å². The standard InChI is InChI=1S/C20H26F2N4O2S/c1-13-12-26(11-10-23-13)19-9-8-18(15(3)24-19)25-29(27,28)17-6-4-16(5-7-17)14(2)20(21)22/h4-9,13-14,20,23,25H,10-12H2,1-3H3/t13-,14+/m1/s1. The molecule has 1 saturated heterocycles. The van der Waals surface area contributed by atoms with E-state index < -0.39 is 22.4 Å². The highest BCUT2D eigenvalue weighted by Crippen LogP contribution is 2.26. The molecule has 1 fully saturated rings. The molecular weight excluding hydrogens is 398 g/mol. The number of nitrogens with zero attached hydrogens (tertiary/aromatic N) is 2. The first-order valence-electron chi connectivity index (χ1n) is 9.54. The van der Waals surface area contributed by atoms with Crippen molar-refractivity contribution in [1.82, 2.24) is 10.3 Å². The number of pyridine rings is 1. The highest BCUT2D eigenvalue weighted by atomic mass is 32.2. The van der Waals surface area contributed by atoms with E-state index in [9.17, 15) is 17.2 Å². The Morgan fingerprint density at radius 2 is 1.90 bits per heavy atom. The summed E-state index contributed by atoms with van der Waals surface area (Å²) in [5.41, 5.74) is 1.36. The van der Waals surface area contributed by atoms with E-state index in [1.165, 1.54) is 31.2 Å². The first-order chi connectivity index (χ1) is 13.7. The highest BCUT2D eigenvalue weighted by molar-refractivity contribution is 7.92. The summed E-state index contributed by atoms with van der Waals surface area (Å²) in [5.74, 6) is -0.143. The highest BCUT2D eigenvalue weighted by Gasteiger charge is 2.21. The molecule has 1 aromatic carbocycles. The van der Waals surface area contributed by atoms with Crippen LogP contribution in [0.25, 0.3) is 0 Å². The molecule has 29 heavy (non-hydrogen) atoms. The number of aromatic nitrogens is 1. The SMILES string of the molecule is Cc1nc(N2CCN[C@H](C)C2)ccc1NS(=O)(=O)c1ccc([C@H](C)C(F)F)cc1. The van der Waals surface area contributed by atoms with Gasteiger partial charge in [-0.1, -0.05) is 19.1 Å². The van der Waals surface area contributed by atoms with E-state index in [1.807, 2.05) is 0 Å². The van der Waals surface area contributed by atoms with E-state index in [2.05, 4.69) is 26.8 Å². The largest absolute Gasteiger partial charge is 0.354 e. The monoisotopic (exact) mass is 424 g/mol. The third-order valence-corrected chi connectivity index (χ3v) is 6.48. The van der Waals surface area contributed by atoms with Crippen LogP contribution in [0.3, 0.4) is 0 Å². The van der Waals surface area contributed by atoms with Crippen molar-refractivity contribution in [3.8, 4) is 0 Å². The maximum absolute atomic E-state index is 12.8. The molecule has 158 valence electrons. The minimum atomic E-state index is -3.85. The summed E-state index contributed by atoms with van der Waals surface area (Å²) in [6.07, 6.45) is -2.50. The van der Waals surface area contributed by atoms with Crippen LogP contribution in [-0.4, -0.2) is 45.5 Å². The number of sulfonamides is 1. The number of benzene rings is 1. The molecule has 1 aliphatic heterocycles. The lowest BCUT2D eigenvalue weighted by molar-refractivity contribution is 0.121. The zero-order chi connectivity index (χ0) is 21.2. The predicted molar refractivity (Wildman–Crippen MR) is 110 cm³/mol. The smallest absolute Gasteiger partial charge is 0.261 e. The van der Waals surface area contributed by atoms with Crippen molar-refractivity contribution in [3.63, 3.8) is 0 Å². The first-order valence-corrected chi connectivity index (χ1v) is 11.0. The molecule has 2 N–H and O–H groups in total. The number of nitrogens with one attached hydrogen (secondary N) is 2. The zero-order valence-electron chi connectivity index (χ0n) is 16.7. The lowest BCUT2D eigenvalue weighted by atomic mass is 10.0.